The molecule has 0 unspecified atom stereocenters. The molecule has 33 heavy (non-hydrogen) atoms. The van der Waals surface area contributed by atoms with Gasteiger partial charge in [0, 0.05) is 5.69 Å². The molecule has 0 radical (unpaired) electrons. The standard InChI is InChI=1S/C28H29NO4/c1-20-7-9-21(10-8-20)22-13-17-25(18-14-22)32-19-27(30)29-24-15-11-23(12-16-24)28(31)33-26-5-3-2-4-6-26/h7-18,26H,2-6,19H2,1H3,(H,29,30). The Hall–Kier alpha value is -3.60. The normalized spacial score (nSPS) is 13.8. The largest absolute Gasteiger partial charge is 0.484 e. The van der Waals surface area contributed by atoms with E-state index in [-0.39, 0.29) is 24.6 Å². The van der Waals surface area contributed by atoms with Crippen LogP contribution in [-0.4, -0.2) is 24.6 Å². The summed E-state index contributed by atoms with van der Waals surface area (Å²) in [4.78, 5) is 24.6. The topological polar surface area (TPSA) is 64.6 Å². The van der Waals surface area contributed by atoms with Crippen molar-refractivity contribution in [2.24, 2.45) is 0 Å². The van der Waals surface area contributed by atoms with Crippen LogP contribution in [0, 0.1) is 6.92 Å². The molecule has 1 saturated carbocycles. The van der Waals surface area contributed by atoms with E-state index in [1.165, 1.54) is 12.0 Å². The molecular weight excluding hydrogens is 414 g/mol. The second-order valence-corrected chi connectivity index (χ2v) is 8.47. The number of ether oxygens (including phenoxy) is 2. The van der Waals surface area contributed by atoms with E-state index in [1.807, 2.05) is 24.3 Å². The smallest absolute Gasteiger partial charge is 0.338 e. The monoisotopic (exact) mass is 443 g/mol. The predicted octanol–water partition coefficient (Wildman–Crippen LogP) is 6.17. The molecule has 170 valence electrons. The van der Waals surface area contributed by atoms with Gasteiger partial charge in [-0.15, -0.1) is 0 Å². The zero-order valence-corrected chi connectivity index (χ0v) is 18.9. The molecule has 3 aromatic carbocycles. The molecule has 5 heteroatoms. The number of benzene rings is 3. The Morgan fingerprint density at radius 3 is 2.06 bits per heavy atom. The van der Waals surface area contributed by atoms with Gasteiger partial charge in [0.15, 0.2) is 6.61 Å². The molecule has 4 rings (SSSR count). The van der Waals surface area contributed by atoms with E-state index < -0.39 is 0 Å². The Kier molecular flexibility index (Phi) is 7.40. The van der Waals surface area contributed by atoms with Crippen LogP contribution in [0.3, 0.4) is 0 Å². The van der Waals surface area contributed by atoms with Gasteiger partial charge in [0.2, 0.25) is 0 Å². The summed E-state index contributed by atoms with van der Waals surface area (Å²) in [7, 11) is 0. The first-order valence-corrected chi connectivity index (χ1v) is 11.5. The number of hydrogen-bond acceptors (Lipinski definition) is 4. The predicted molar refractivity (Wildman–Crippen MR) is 129 cm³/mol. The molecule has 0 spiro atoms. The first-order chi connectivity index (χ1) is 16.1. The summed E-state index contributed by atoms with van der Waals surface area (Å²) in [6.45, 7) is 1.96. The highest BCUT2D eigenvalue weighted by atomic mass is 16.5. The fraction of sp³-hybridized carbons (Fsp3) is 0.286. The van der Waals surface area contributed by atoms with Crippen LogP contribution in [0.2, 0.25) is 0 Å². The van der Waals surface area contributed by atoms with E-state index in [1.54, 1.807) is 24.3 Å². The number of nitrogens with one attached hydrogen (secondary N) is 1. The second-order valence-electron chi connectivity index (χ2n) is 8.47. The molecule has 1 fully saturated rings. The van der Waals surface area contributed by atoms with Crippen LogP contribution in [0.4, 0.5) is 5.69 Å². The summed E-state index contributed by atoms with van der Waals surface area (Å²) >= 11 is 0. The van der Waals surface area contributed by atoms with E-state index in [4.69, 9.17) is 9.47 Å². The fourth-order valence-electron chi connectivity index (χ4n) is 3.93. The number of carbonyl (C=O) groups is 2. The molecule has 1 amide bonds. The van der Waals surface area contributed by atoms with Gasteiger partial charge in [-0.2, -0.15) is 0 Å². The van der Waals surface area contributed by atoms with Gasteiger partial charge in [0.1, 0.15) is 11.9 Å². The number of aryl methyl sites for hydroxylation is 1. The molecule has 5 nitrogen and oxygen atoms in total. The minimum atomic E-state index is -0.308. The van der Waals surface area contributed by atoms with Crippen molar-refractivity contribution in [3.63, 3.8) is 0 Å². The molecule has 0 heterocycles. The van der Waals surface area contributed by atoms with Crippen molar-refractivity contribution in [3.8, 4) is 16.9 Å². The number of carbonyl (C=O) groups excluding carboxylic acids is 2. The van der Waals surface area contributed by atoms with Crippen molar-refractivity contribution >= 4 is 17.6 Å². The lowest BCUT2D eigenvalue weighted by molar-refractivity contribution is -0.118. The first-order valence-electron chi connectivity index (χ1n) is 11.5. The number of hydrogen-bond donors (Lipinski definition) is 1. The average molecular weight is 444 g/mol. The van der Waals surface area contributed by atoms with Crippen LogP contribution in [0.25, 0.3) is 11.1 Å². The minimum Gasteiger partial charge on any atom is -0.484 e. The van der Waals surface area contributed by atoms with Gasteiger partial charge in [-0.3, -0.25) is 4.79 Å². The van der Waals surface area contributed by atoms with Crippen molar-refractivity contribution in [1.82, 2.24) is 0 Å². The van der Waals surface area contributed by atoms with Crippen LogP contribution in [0.5, 0.6) is 5.75 Å². The van der Waals surface area contributed by atoms with Crippen molar-refractivity contribution in [2.75, 3.05) is 11.9 Å². The van der Waals surface area contributed by atoms with Crippen molar-refractivity contribution in [1.29, 1.82) is 0 Å². The van der Waals surface area contributed by atoms with E-state index in [0.717, 1.165) is 36.8 Å². The lowest BCUT2D eigenvalue weighted by Crippen LogP contribution is -2.21. The highest BCUT2D eigenvalue weighted by Crippen LogP contribution is 2.23. The Morgan fingerprint density at radius 2 is 1.42 bits per heavy atom. The number of rotatable bonds is 7. The van der Waals surface area contributed by atoms with Crippen LogP contribution in [0.1, 0.15) is 48.0 Å². The maximum atomic E-state index is 12.3. The van der Waals surface area contributed by atoms with E-state index in [0.29, 0.717) is 17.0 Å². The average Bonchev–Trinajstić information content (AvgIpc) is 2.85. The Bertz CT molecular complexity index is 1070. The molecule has 3 aromatic rings. The second kappa shape index (κ2) is 10.8. The number of esters is 1. The van der Waals surface area contributed by atoms with E-state index >= 15 is 0 Å². The van der Waals surface area contributed by atoms with E-state index in [9.17, 15) is 9.59 Å². The number of amides is 1. The zero-order chi connectivity index (χ0) is 23.0. The van der Waals surface area contributed by atoms with Crippen molar-refractivity contribution in [2.45, 2.75) is 45.1 Å². The van der Waals surface area contributed by atoms with Crippen molar-refractivity contribution in [3.05, 3.63) is 83.9 Å². The summed E-state index contributed by atoms with van der Waals surface area (Å²) < 4.78 is 11.2. The zero-order valence-electron chi connectivity index (χ0n) is 18.9. The third-order valence-corrected chi connectivity index (χ3v) is 5.84. The van der Waals surface area contributed by atoms with E-state index in [2.05, 4.69) is 36.5 Å². The molecule has 1 aliphatic carbocycles. The van der Waals surface area contributed by atoms with Gasteiger partial charge in [-0.05, 0) is 80.1 Å². The Labute approximate surface area is 194 Å². The number of anilines is 1. The van der Waals surface area contributed by atoms with Gasteiger partial charge >= 0.3 is 5.97 Å². The Morgan fingerprint density at radius 1 is 0.818 bits per heavy atom. The summed E-state index contributed by atoms with van der Waals surface area (Å²) in [5, 5.41) is 2.79. The SMILES string of the molecule is Cc1ccc(-c2ccc(OCC(=O)Nc3ccc(C(=O)OC4CCCCC4)cc3)cc2)cc1. The van der Waals surface area contributed by atoms with Gasteiger partial charge in [-0.25, -0.2) is 4.79 Å². The maximum Gasteiger partial charge on any atom is 0.338 e. The van der Waals surface area contributed by atoms with Gasteiger partial charge in [0.25, 0.3) is 5.91 Å². The Balaban J connectivity index is 1.24. The summed E-state index contributed by atoms with van der Waals surface area (Å²) in [6.07, 6.45) is 5.34. The summed E-state index contributed by atoms with van der Waals surface area (Å²) in [5.41, 5.74) is 4.54. The summed E-state index contributed by atoms with van der Waals surface area (Å²) in [6, 6.07) is 22.7. The quantitative estimate of drug-likeness (QED) is 0.444. The highest BCUT2D eigenvalue weighted by Gasteiger charge is 2.18. The summed E-state index contributed by atoms with van der Waals surface area (Å²) in [5.74, 6) is 0.0501. The van der Waals surface area contributed by atoms with Crippen LogP contribution in [-0.2, 0) is 9.53 Å². The third-order valence-electron chi connectivity index (χ3n) is 5.84. The molecule has 0 saturated heterocycles. The lowest BCUT2D eigenvalue weighted by Gasteiger charge is -2.21. The van der Waals surface area contributed by atoms with Gasteiger partial charge < -0.3 is 14.8 Å². The lowest BCUT2D eigenvalue weighted by atomic mass is 9.98. The van der Waals surface area contributed by atoms with Gasteiger partial charge in [-0.1, -0.05) is 48.4 Å². The third kappa shape index (κ3) is 6.45. The van der Waals surface area contributed by atoms with Gasteiger partial charge in [0.05, 0.1) is 5.56 Å². The maximum absolute atomic E-state index is 12.3. The molecule has 0 aliphatic heterocycles. The molecule has 1 N–H and O–H groups in total. The van der Waals surface area contributed by atoms with Crippen LogP contribution >= 0.6 is 0 Å². The molecule has 0 aromatic heterocycles. The van der Waals surface area contributed by atoms with Crippen molar-refractivity contribution < 1.29 is 19.1 Å². The first kappa shape index (κ1) is 22.6. The van der Waals surface area contributed by atoms with Crippen LogP contribution in [0.15, 0.2) is 72.8 Å². The fourth-order valence-corrected chi connectivity index (χ4v) is 3.93. The molecule has 0 bridgehead atoms. The molecule has 0 atom stereocenters. The molecular formula is C28H29NO4. The minimum absolute atomic E-state index is 0.0220. The van der Waals surface area contributed by atoms with Crippen LogP contribution < -0.4 is 10.1 Å². The molecule has 1 aliphatic rings. The highest BCUT2D eigenvalue weighted by molar-refractivity contribution is 5.93.